The van der Waals surface area contributed by atoms with Gasteiger partial charge in [-0.3, -0.25) is 0 Å². The molecule has 0 aliphatic carbocycles. The van der Waals surface area contributed by atoms with Crippen LogP contribution in [0.25, 0.3) is 0 Å². The van der Waals surface area contributed by atoms with E-state index in [1.165, 1.54) is 0 Å². The van der Waals surface area contributed by atoms with E-state index in [2.05, 4.69) is 0 Å². The summed E-state index contributed by atoms with van der Waals surface area (Å²) in [6.45, 7) is 6.30. The Morgan fingerprint density at radius 1 is 1.33 bits per heavy atom. The topological polar surface area (TPSA) is 72.6 Å². The Labute approximate surface area is 125 Å². The molecule has 5 nitrogen and oxygen atoms in total. The van der Waals surface area contributed by atoms with Crippen molar-refractivity contribution in [2.45, 2.75) is 32.3 Å². The quantitative estimate of drug-likeness (QED) is 0.670. The van der Waals surface area contributed by atoms with E-state index in [-0.39, 0.29) is 17.9 Å². The number of nitrogens with two attached hydrogens (primary N) is 1. The van der Waals surface area contributed by atoms with Crippen LogP contribution in [0.1, 0.15) is 32.3 Å². The molecule has 2 atom stereocenters. The Bertz CT molecular complexity index is 537. The third-order valence-corrected chi connectivity index (χ3v) is 3.59. The van der Waals surface area contributed by atoms with Crippen molar-refractivity contribution in [1.82, 2.24) is 4.90 Å². The van der Waals surface area contributed by atoms with Crippen molar-refractivity contribution in [1.29, 1.82) is 0 Å². The van der Waals surface area contributed by atoms with E-state index < -0.39 is 5.60 Å². The van der Waals surface area contributed by atoms with Gasteiger partial charge in [0.15, 0.2) is 0 Å². The summed E-state index contributed by atoms with van der Waals surface area (Å²) in [5, 5.41) is 0. The molecule has 5 heteroatoms. The van der Waals surface area contributed by atoms with Gasteiger partial charge >= 0.3 is 6.09 Å². The Hall–Kier alpha value is -2.04. The molecule has 0 spiro atoms. The van der Waals surface area contributed by atoms with Gasteiger partial charge < -0.3 is 20.2 Å². The van der Waals surface area contributed by atoms with E-state index in [1.807, 2.05) is 45.0 Å². The second-order valence-electron chi connectivity index (χ2n) is 6.42. The molecule has 1 fully saturated rings. The van der Waals surface area contributed by atoms with E-state index in [1.54, 1.807) is 4.90 Å². The smallest absolute Gasteiger partial charge is 0.410 e. The number of hydrogen-bond acceptors (Lipinski definition) is 4. The number of hydrogen-bond donors (Lipinski definition) is 1. The summed E-state index contributed by atoms with van der Waals surface area (Å²) in [4.78, 5) is 25.1. The molecular weight excluding hydrogens is 268 g/mol. The van der Waals surface area contributed by atoms with Crippen LogP contribution in [-0.4, -0.2) is 36.0 Å². The first-order valence-corrected chi connectivity index (χ1v) is 7.09. The van der Waals surface area contributed by atoms with Gasteiger partial charge in [-0.05, 0) is 32.4 Å². The number of ether oxygens (including phenoxy) is 1. The number of nitrogens with zero attached hydrogens (tertiary/aromatic N) is 1. The summed E-state index contributed by atoms with van der Waals surface area (Å²) < 4.78 is 5.37. The number of anilines is 1. The second-order valence-corrected chi connectivity index (χ2v) is 6.42. The van der Waals surface area contributed by atoms with E-state index in [0.717, 1.165) is 11.8 Å². The van der Waals surface area contributed by atoms with E-state index in [4.69, 9.17) is 10.5 Å². The lowest BCUT2D eigenvalue weighted by atomic mass is 9.89. The molecule has 0 radical (unpaired) electrons. The Morgan fingerprint density at radius 3 is 2.57 bits per heavy atom. The molecule has 1 saturated heterocycles. The molecule has 1 amide bonds. The van der Waals surface area contributed by atoms with Gasteiger partial charge in [-0.15, -0.1) is 0 Å². The van der Waals surface area contributed by atoms with Gasteiger partial charge in [-0.1, -0.05) is 18.2 Å². The third kappa shape index (κ3) is 3.54. The standard InChI is InChI=1S/C16H22N2O3/c1-16(2,3)21-15(20)18-8-11(10-19)13(9-18)12-6-4-5-7-14(12)17/h4-7,10-11,13H,8-9,17H2,1-3H3/t11-,13-/m0/s1. The van der Waals surface area contributed by atoms with Crippen molar-refractivity contribution < 1.29 is 14.3 Å². The molecule has 0 aromatic heterocycles. The van der Waals surface area contributed by atoms with Crippen LogP contribution in [0.2, 0.25) is 0 Å². The zero-order valence-electron chi connectivity index (χ0n) is 12.7. The fraction of sp³-hybridized carbons (Fsp3) is 0.500. The number of para-hydroxylation sites is 1. The van der Waals surface area contributed by atoms with Gasteiger partial charge in [0.25, 0.3) is 0 Å². The normalized spacial score (nSPS) is 22.1. The van der Waals surface area contributed by atoms with Crippen LogP contribution >= 0.6 is 0 Å². The number of nitrogen functional groups attached to an aromatic ring is 1. The summed E-state index contributed by atoms with van der Waals surface area (Å²) in [7, 11) is 0. The van der Waals surface area contributed by atoms with Crippen LogP contribution in [-0.2, 0) is 9.53 Å². The summed E-state index contributed by atoms with van der Waals surface area (Å²) in [6, 6.07) is 7.47. The summed E-state index contributed by atoms with van der Waals surface area (Å²) >= 11 is 0. The average Bonchev–Trinajstić information content (AvgIpc) is 2.81. The first-order valence-electron chi connectivity index (χ1n) is 7.09. The van der Waals surface area contributed by atoms with Crippen molar-refractivity contribution in [3.05, 3.63) is 29.8 Å². The van der Waals surface area contributed by atoms with Gasteiger partial charge in [0.2, 0.25) is 0 Å². The van der Waals surface area contributed by atoms with Crippen LogP contribution in [0.4, 0.5) is 10.5 Å². The Morgan fingerprint density at radius 2 is 2.00 bits per heavy atom. The maximum absolute atomic E-state index is 12.1. The maximum Gasteiger partial charge on any atom is 0.410 e. The van der Waals surface area contributed by atoms with Crippen molar-refractivity contribution in [3.63, 3.8) is 0 Å². The lowest BCUT2D eigenvalue weighted by Crippen LogP contribution is -2.35. The highest BCUT2D eigenvalue weighted by molar-refractivity contribution is 5.71. The van der Waals surface area contributed by atoms with Crippen LogP contribution in [0.15, 0.2) is 24.3 Å². The van der Waals surface area contributed by atoms with Crippen LogP contribution < -0.4 is 5.73 Å². The van der Waals surface area contributed by atoms with Gasteiger partial charge in [-0.2, -0.15) is 0 Å². The number of aldehydes is 1. The van der Waals surface area contributed by atoms with E-state index in [0.29, 0.717) is 18.8 Å². The molecule has 0 bridgehead atoms. The lowest BCUT2D eigenvalue weighted by Gasteiger charge is -2.24. The highest BCUT2D eigenvalue weighted by atomic mass is 16.6. The van der Waals surface area contributed by atoms with Gasteiger partial charge in [0, 0.05) is 30.6 Å². The number of carbonyl (C=O) groups is 2. The highest BCUT2D eigenvalue weighted by Crippen LogP contribution is 2.35. The molecule has 2 rings (SSSR count). The zero-order valence-corrected chi connectivity index (χ0v) is 12.7. The molecule has 1 aliphatic rings. The fourth-order valence-corrected chi connectivity index (χ4v) is 2.62. The minimum absolute atomic E-state index is 0.0729. The SMILES string of the molecule is CC(C)(C)OC(=O)N1C[C@@H](C=O)[C@@H](c2ccccc2N)C1. The van der Waals surface area contributed by atoms with Gasteiger partial charge in [-0.25, -0.2) is 4.79 Å². The number of carbonyl (C=O) groups excluding carboxylic acids is 2. The van der Waals surface area contributed by atoms with Crippen LogP contribution in [0, 0.1) is 5.92 Å². The number of rotatable bonds is 2. The number of benzene rings is 1. The van der Waals surface area contributed by atoms with E-state index >= 15 is 0 Å². The molecule has 1 heterocycles. The minimum Gasteiger partial charge on any atom is -0.444 e. The summed E-state index contributed by atoms with van der Waals surface area (Å²) in [5.74, 6) is -0.321. The molecule has 114 valence electrons. The zero-order chi connectivity index (χ0) is 15.6. The fourth-order valence-electron chi connectivity index (χ4n) is 2.62. The molecular formula is C16H22N2O3. The predicted molar refractivity (Wildman–Crippen MR) is 81.0 cm³/mol. The molecule has 1 aliphatic heterocycles. The molecule has 0 saturated carbocycles. The lowest BCUT2D eigenvalue weighted by molar-refractivity contribution is -0.111. The highest BCUT2D eigenvalue weighted by Gasteiger charge is 2.38. The largest absolute Gasteiger partial charge is 0.444 e. The van der Waals surface area contributed by atoms with Crippen molar-refractivity contribution in [2.24, 2.45) is 5.92 Å². The Kier molecular flexibility index (Phi) is 4.21. The van der Waals surface area contributed by atoms with Gasteiger partial charge in [0.05, 0.1) is 0 Å². The number of amides is 1. The summed E-state index contributed by atoms with van der Waals surface area (Å²) in [5.41, 5.74) is 7.02. The Balaban J connectivity index is 2.17. The monoisotopic (exact) mass is 290 g/mol. The van der Waals surface area contributed by atoms with Crippen molar-refractivity contribution in [2.75, 3.05) is 18.8 Å². The van der Waals surface area contributed by atoms with Crippen molar-refractivity contribution >= 4 is 18.1 Å². The average molecular weight is 290 g/mol. The van der Waals surface area contributed by atoms with Crippen molar-refractivity contribution in [3.8, 4) is 0 Å². The first kappa shape index (κ1) is 15.4. The molecule has 0 unspecified atom stereocenters. The molecule has 2 N–H and O–H groups in total. The molecule has 1 aromatic rings. The molecule has 21 heavy (non-hydrogen) atoms. The van der Waals surface area contributed by atoms with Gasteiger partial charge in [0.1, 0.15) is 11.9 Å². The third-order valence-electron chi connectivity index (χ3n) is 3.59. The maximum atomic E-state index is 12.1. The van der Waals surface area contributed by atoms with E-state index in [9.17, 15) is 9.59 Å². The first-order chi connectivity index (χ1) is 9.81. The second kappa shape index (κ2) is 5.76. The van der Waals surface area contributed by atoms with Crippen LogP contribution in [0.3, 0.4) is 0 Å². The summed E-state index contributed by atoms with van der Waals surface area (Å²) in [6.07, 6.45) is 0.521. The number of likely N-dealkylation sites (tertiary alicyclic amines) is 1. The predicted octanol–water partition coefficient (Wildman–Crippen LogP) is 2.42. The minimum atomic E-state index is -0.544. The van der Waals surface area contributed by atoms with Crippen LogP contribution in [0.5, 0.6) is 0 Å². The molecule has 1 aromatic carbocycles.